The normalized spacial score (nSPS) is 10.9. The van der Waals surface area contributed by atoms with Crippen LogP contribution in [0.3, 0.4) is 0 Å². The van der Waals surface area contributed by atoms with Gasteiger partial charge in [-0.15, -0.1) is 0 Å². The van der Waals surface area contributed by atoms with Crippen molar-refractivity contribution in [1.82, 2.24) is 9.78 Å². The maximum absolute atomic E-state index is 11.8. The molecular formula is C13H23N3O3. The van der Waals surface area contributed by atoms with Gasteiger partial charge >= 0.3 is 0 Å². The van der Waals surface area contributed by atoms with Gasteiger partial charge < -0.3 is 14.8 Å². The monoisotopic (exact) mass is 269 g/mol. The quantitative estimate of drug-likeness (QED) is 0.680. The van der Waals surface area contributed by atoms with Crippen molar-refractivity contribution >= 4 is 5.69 Å². The van der Waals surface area contributed by atoms with E-state index in [9.17, 15) is 4.79 Å². The Hall–Kier alpha value is -1.40. The summed E-state index contributed by atoms with van der Waals surface area (Å²) in [5, 5.41) is 7.24. The van der Waals surface area contributed by atoms with Gasteiger partial charge in [-0.2, -0.15) is 5.10 Å². The molecule has 0 saturated heterocycles. The van der Waals surface area contributed by atoms with Gasteiger partial charge in [0.1, 0.15) is 0 Å². The van der Waals surface area contributed by atoms with E-state index in [-0.39, 0.29) is 11.6 Å². The van der Waals surface area contributed by atoms with E-state index in [1.165, 1.54) is 4.68 Å². The third-order valence-electron chi connectivity index (χ3n) is 2.41. The molecule has 0 amide bonds. The van der Waals surface area contributed by atoms with Crippen LogP contribution in [-0.4, -0.2) is 42.8 Å². The molecule has 0 aliphatic heterocycles. The van der Waals surface area contributed by atoms with E-state index in [1.54, 1.807) is 19.4 Å². The predicted molar refractivity (Wildman–Crippen MR) is 74.6 cm³/mol. The Morgan fingerprint density at radius 2 is 2.16 bits per heavy atom. The largest absolute Gasteiger partial charge is 0.385 e. The summed E-state index contributed by atoms with van der Waals surface area (Å²) >= 11 is 0. The standard InChI is InChI=1S/C13H23N3O3/c1-11(2)15-12-9-13(17)16(14-10-12)5-8-19-7-4-6-18-3/h9-11,15H,4-8H2,1-3H3. The van der Waals surface area contributed by atoms with Gasteiger partial charge in [0.25, 0.3) is 5.56 Å². The van der Waals surface area contributed by atoms with Crippen molar-refractivity contribution < 1.29 is 9.47 Å². The van der Waals surface area contributed by atoms with E-state index >= 15 is 0 Å². The number of methoxy groups -OCH3 is 1. The van der Waals surface area contributed by atoms with Gasteiger partial charge in [0, 0.05) is 32.4 Å². The summed E-state index contributed by atoms with van der Waals surface area (Å²) in [5.41, 5.74) is 0.628. The van der Waals surface area contributed by atoms with Crippen molar-refractivity contribution in [3.8, 4) is 0 Å². The molecule has 0 unspecified atom stereocenters. The SMILES string of the molecule is COCCCOCCn1ncc(NC(C)C)cc1=O. The lowest BCUT2D eigenvalue weighted by molar-refractivity contribution is 0.0954. The molecular weight excluding hydrogens is 246 g/mol. The van der Waals surface area contributed by atoms with Crippen LogP contribution in [0.4, 0.5) is 5.69 Å². The van der Waals surface area contributed by atoms with E-state index in [0.29, 0.717) is 26.4 Å². The molecule has 1 aromatic heterocycles. The van der Waals surface area contributed by atoms with Crippen LogP contribution in [0.2, 0.25) is 0 Å². The van der Waals surface area contributed by atoms with Crippen LogP contribution in [0.25, 0.3) is 0 Å². The number of nitrogens with one attached hydrogen (secondary N) is 1. The molecule has 0 aromatic carbocycles. The Morgan fingerprint density at radius 1 is 1.37 bits per heavy atom. The molecule has 0 bridgehead atoms. The van der Waals surface area contributed by atoms with E-state index in [4.69, 9.17) is 9.47 Å². The van der Waals surface area contributed by atoms with E-state index in [1.807, 2.05) is 13.8 Å². The minimum Gasteiger partial charge on any atom is -0.385 e. The third-order valence-corrected chi connectivity index (χ3v) is 2.41. The highest BCUT2D eigenvalue weighted by Crippen LogP contribution is 2.01. The molecule has 1 N–H and O–H groups in total. The summed E-state index contributed by atoms with van der Waals surface area (Å²) in [6.45, 7) is 6.30. The van der Waals surface area contributed by atoms with Crippen LogP contribution in [-0.2, 0) is 16.0 Å². The maximum Gasteiger partial charge on any atom is 0.268 e. The molecule has 0 atom stereocenters. The highest BCUT2D eigenvalue weighted by molar-refractivity contribution is 5.39. The van der Waals surface area contributed by atoms with E-state index < -0.39 is 0 Å². The fourth-order valence-electron chi connectivity index (χ4n) is 1.57. The number of ether oxygens (including phenoxy) is 2. The Balaban J connectivity index is 2.36. The van der Waals surface area contributed by atoms with Crippen molar-refractivity contribution in [1.29, 1.82) is 0 Å². The molecule has 0 spiro atoms. The number of hydrogen-bond acceptors (Lipinski definition) is 5. The van der Waals surface area contributed by atoms with Gasteiger partial charge in [-0.25, -0.2) is 4.68 Å². The van der Waals surface area contributed by atoms with Crippen LogP contribution in [0.5, 0.6) is 0 Å². The number of anilines is 1. The van der Waals surface area contributed by atoms with Crippen LogP contribution in [0, 0.1) is 0 Å². The first-order valence-electron chi connectivity index (χ1n) is 6.54. The third kappa shape index (κ3) is 6.35. The smallest absolute Gasteiger partial charge is 0.268 e. The average molecular weight is 269 g/mol. The topological polar surface area (TPSA) is 65.4 Å². The second-order valence-electron chi connectivity index (χ2n) is 4.56. The number of aromatic nitrogens is 2. The molecule has 0 aliphatic carbocycles. The van der Waals surface area contributed by atoms with E-state index in [0.717, 1.165) is 12.1 Å². The summed E-state index contributed by atoms with van der Waals surface area (Å²) < 4.78 is 11.7. The van der Waals surface area contributed by atoms with Gasteiger partial charge in [-0.05, 0) is 20.3 Å². The number of nitrogens with zero attached hydrogens (tertiary/aromatic N) is 2. The summed E-state index contributed by atoms with van der Waals surface area (Å²) in [7, 11) is 1.66. The lowest BCUT2D eigenvalue weighted by Gasteiger charge is -2.10. The molecule has 1 rings (SSSR count). The zero-order chi connectivity index (χ0) is 14.1. The molecule has 0 radical (unpaired) electrons. The molecule has 0 saturated carbocycles. The van der Waals surface area contributed by atoms with Crippen molar-refractivity contribution in [2.45, 2.75) is 32.9 Å². The lowest BCUT2D eigenvalue weighted by atomic mass is 10.3. The van der Waals surface area contributed by atoms with Crippen molar-refractivity contribution in [3.05, 3.63) is 22.6 Å². The Bertz CT molecular complexity index is 418. The minimum absolute atomic E-state index is 0.119. The summed E-state index contributed by atoms with van der Waals surface area (Å²) in [5.74, 6) is 0. The first-order chi connectivity index (χ1) is 9.13. The van der Waals surface area contributed by atoms with Gasteiger partial charge in [-0.3, -0.25) is 4.79 Å². The van der Waals surface area contributed by atoms with Gasteiger partial charge in [0.2, 0.25) is 0 Å². The highest BCUT2D eigenvalue weighted by atomic mass is 16.5. The number of rotatable bonds is 9. The Kier molecular flexibility index (Phi) is 7.14. The zero-order valence-corrected chi connectivity index (χ0v) is 11.9. The van der Waals surface area contributed by atoms with Crippen LogP contribution < -0.4 is 10.9 Å². The minimum atomic E-state index is -0.119. The van der Waals surface area contributed by atoms with Crippen molar-refractivity contribution in [2.24, 2.45) is 0 Å². The fourth-order valence-corrected chi connectivity index (χ4v) is 1.57. The van der Waals surface area contributed by atoms with Crippen LogP contribution >= 0.6 is 0 Å². The second kappa shape index (κ2) is 8.66. The first-order valence-corrected chi connectivity index (χ1v) is 6.54. The molecule has 6 nitrogen and oxygen atoms in total. The van der Waals surface area contributed by atoms with Crippen molar-refractivity contribution in [2.75, 3.05) is 32.2 Å². The summed E-state index contributed by atoms with van der Waals surface area (Å²) in [6, 6.07) is 1.83. The summed E-state index contributed by atoms with van der Waals surface area (Å²) in [6.07, 6.45) is 2.52. The first kappa shape index (κ1) is 15.7. The molecule has 1 heterocycles. The maximum atomic E-state index is 11.8. The Labute approximate surface area is 113 Å². The van der Waals surface area contributed by atoms with Crippen LogP contribution in [0.15, 0.2) is 17.1 Å². The van der Waals surface area contributed by atoms with Crippen LogP contribution in [0.1, 0.15) is 20.3 Å². The number of hydrogen-bond donors (Lipinski definition) is 1. The molecule has 108 valence electrons. The second-order valence-corrected chi connectivity index (χ2v) is 4.56. The van der Waals surface area contributed by atoms with Gasteiger partial charge in [0.05, 0.1) is 25.0 Å². The molecule has 1 aromatic rings. The predicted octanol–water partition coefficient (Wildman–Crippen LogP) is 1.12. The molecule has 0 aliphatic rings. The summed E-state index contributed by atoms with van der Waals surface area (Å²) in [4.78, 5) is 11.8. The Morgan fingerprint density at radius 3 is 2.79 bits per heavy atom. The molecule has 19 heavy (non-hydrogen) atoms. The van der Waals surface area contributed by atoms with Crippen molar-refractivity contribution in [3.63, 3.8) is 0 Å². The van der Waals surface area contributed by atoms with Gasteiger partial charge in [0.15, 0.2) is 0 Å². The average Bonchev–Trinajstić information content (AvgIpc) is 2.35. The fraction of sp³-hybridized carbons (Fsp3) is 0.692. The van der Waals surface area contributed by atoms with Gasteiger partial charge in [-0.1, -0.05) is 0 Å². The highest BCUT2D eigenvalue weighted by Gasteiger charge is 2.01. The van der Waals surface area contributed by atoms with E-state index in [2.05, 4.69) is 10.4 Å². The zero-order valence-electron chi connectivity index (χ0n) is 11.9. The molecule has 6 heteroatoms. The lowest BCUT2D eigenvalue weighted by Crippen LogP contribution is -2.25. The molecule has 0 fully saturated rings.